The lowest BCUT2D eigenvalue weighted by molar-refractivity contribution is 0.0606. The van der Waals surface area contributed by atoms with Crippen LogP contribution >= 0.6 is 0 Å². The van der Waals surface area contributed by atoms with Crippen molar-refractivity contribution in [1.29, 1.82) is 0 Å². The van der Waals surface area contributed by atoms with E-state index < -0.39 is 5.82 Å². The number of carbonyl (C=O) groups is 1. The molecule has 6 heteroatoms. The van der Waals surface area contributed by atoms with Gasteiger partial charge in [0.2, 0.25) is 0 Å². The first kappa shape index (κ1) is 15.3. The summed E-state index contributed by atoms with van der Waals surface area (Å²) >= 11 is 0. The molecule has 1 aliphatic carbocycles. The summed E-state index contributed by atoms with van der Waals surface area (Å²) in [5.74, 6) is -0.445. The van der Waals surface area contributed by atoms with Crippen LogP contribution in [0.4, 0.5) is 10.1 Å². The highest BCUT2D eigenvalue weighted by Gasteiger charge is 2.38. The second-order valence-electron chi connectivity index (χ2n) is 6.90. The summed E-state index contributed by atoms with van der Waals surface area (Å²) in [5, 5.41) is 0.662. The Morgan fingerprint density at radius 2 is 2.04 bits per heavy atom. The molecule has 5 nitrogen and oxygen atoms in total. The number of halogens is 1. The number of aromatic nitrogens is 2. The Labute approximate surface area is 149 Å². The third-order valence-corrected chi connectivity index (χ3v) is 5.45. The van der Waals surface area contributed by atoms with Gasteiger partial charge in [-0.05, 0) is 31.4 Å². The van der Waals surface area contributed by atoms with Crippen molar-refractivity contribution in [2.24, 2.45) is 0 Å². The number of pyridine rings is 2. The van der Waals surface area contributed by atoms with Crippen molar-refractivity contribution in [1.82, 2.24) is 14.9 Å². The van der Waals surface area contributed by atoms with E-state index in [2.05, 4.69) is 4.98 Å². The number of anilines is 1. The van der Waals surface area contributed by atoms with Crippen LogP contribution in [0, 0.1) is 5.82 Å². The van der Waals surface area contributed by atoms with Crippen molar-refractivity contribution in [3.05, 3.63) is 53.6 Å². The summed E-state index contributed by atoms with van der Waals surface area (Å²) in [6.07, 6.45) is 4.77. The van der Waals surface area contributed by atoms with Crippen LogP contribution in [0.5, 0.6) is 0 Å². The average Bonchev–Trinajstić information content (AvgIpc) is 2.91. The van der Waals surface area contributed by atoms with Gasteiger partial charge in [-0.3, -0.25) is 9.78 Å². The fourth-order valence-electron chi connectivity index (χ4n) is 3.86. The molecule has 3 aromatic rings. The number of nitrogens with zero attached hydrogens (tertiary/aromatic N) is 3. The van der Waals surface area contributed by atoms with Crippen molar-refractivity contribution in [3.8, 4) is 11.3 Å². The average molecular weight is 348 g/mol. The van der Waals surface area contributed by atoms with Crippen LogP contribution in [0.15, 0.2) is 36.5 Å². The smallest absolute Gasteiger partial charge is 0.258 e. The van der Waals surface area contributed by atoms with Gasteiger partial charge in [0.15, 0.2) is 0 Å². The second-order valence-corrected chi connectivity index (χ2v) is 6.90. The lowest BCUT2D eigenvalue weighted by atomic mass is 9.92. The predicted molar refractivity (Wildman–Crippen MR) is 96.9 cm³/mol. The molecule has 0 spiro atoms. The molecule has 1 fully saturated rings. The molecule has 2 N–H and O–H groups in total. The minimum Gasteiger partial charge on any atom is -0.397 e. The quantitative estimate of drug-likeness (QED) is 0.769. The molecule has 3 heterocycles. The van der Waals surface area contributed by atoms with E-state index in [0.29, 0.717) is 40.0 Å². The van der Waals surface area contributed by atoms with Gasteiger partial charge in [-0.2, -0.15) is 0 Å². The summed E-state index contributed by atoms with van der Waals surface area (Å²) in [5.41, 5.74) is 9.39. The number of benzene rings is 1. The monoisotopic (exact) mass is 348 g/mol. The number of hydrogen-bond acceptors (Lipinski definition) is 4. The van der Waals surface area contributed by atoms with E-state index in [4.69, 9.17) is 10.7 Å². The molecule has 1 saturated carbocycles. The maximum absolute atomic E-state index is 14.3. The van der Waals surface area contributed by atoms with Gasteiger partial charge in [-0.25, -0.2) is 9.37 Å². The van der Waals surface area contributed by atoms with E-state index in [-0.39, 0.29) is 17.6 Å². The molecule has 0 bridgehead atoms. The van der Waals surface area contributed by atoms with Crippen molar-refractivity contribution in [3.63, 3.8) is 0 Å². The minimum atomic E-state index is -0.409. The lowest BCUT2D eigenvalue weighted by Gasteiger charge is -2.34. The summed E-state index contributed by atoms with van der Waals surface area (Å²) in [7, 11) is 0. The Balaban J connectivity index is 1.72. The maximum atomic E-state index is 14.3. The molecule has 0 saturated heterocycles. The fraction of sp³-hybridized carbons (Fsp3) is 0.250. The van der Waals surface area contributed by atoms with Crippen LogP contribution in [0.3, 0.4) is 0 Å². The first-order valence-electron chi connectivity index (χ1n) is 8.78. The van der Waals surface area contributed by atoms with Crippen LogP contribution in [-0.4, -0.2) is 26.8 Å². The standard InChI is InChI=1S/C20H17FN4O/c21-14-8-3-9-23-19(14)13-7-2-6-12-17(22)16-15(24-18(12)13)10-25(20(16)26)11-4-1-5-11/h2-3,6-9,11H,1,4-5,10H2,(H2,22,24). The number of carbonyl (C=O) groups excluding carboxylic acids is 1. The summed E-state index contributed by atoms with van der Waals surface area (Å²) in [6, 6.07) is 8.61. The molecule has 2 aromatic heterocycles. The molecule has 0 unspecified atom stereocenters. The normalized spacial score (nSPS) is 16.8. The zero-order valence-corrected chi connectivity index (χ0v) is 14.1. The minimum absolute atomic E-state index is 0.0361. The van der Waals surface area contributed by atoms with Crippen LogP contribution in [-0.2, 0) is 6.54 Å². The van der Waals surface area contributed by atoms with Gasteiger partial charge in [-0.15, -0.1) is 0 Å². The fourth-order valence-corrected chi connectivity index (χ4v) is 3.86. The van der Waals surface area contributed by atoms with E-state index in [1.54, 1.807) is 24.4 Å². The van der Waals surface area contributed by atoms with Crippen LogP contribution < -0.4 is 5.73 Å². The van der Waals surface area contributed by atoms with E-state index in [1.165, 1.54) is 6.07 Å². The molecule has 5 rings (SSSR count). The highest BCUT2D eigenvalue weighted by molar-refractivity contribution is 6.11. The van der Waals surface area contributed by atoms with Crippen LogP contribution in [0.25, 0.3) is 22.2 Å². The highest BCUT2D eigenvalue weighted by Crippen LogP contribution is 2.39. The van der Waals surface area contributed by atoms with Crippen molar-refractivity contribution < 1.29 is 9.18 Å². The molecule has 2 aliphatic rings. The summed E-state index contributed by atoms with van der Waals surface area (Å²) in [4.78, 5) is 23.6. The molecular formula is C20H17FN4O. The van der Waals surface area contributed by atoms with Gasteiger partial charge in [-0.1, -0.05) is 18.2 Å². The zero-order chi connectivity index (χ0) is 17.8. The van der Waals surface area contributed by atoms with Crippen molar-refractivity contribution >= 4 is 22.5 Å². The number of fused-ring (bicyclic) bond motifs is 2. The molecule has 1 aromatic carbocycles. The predicted octanol–water partition coefficient (Wildman–Crippen LogP) is 3.53. The number of nitrogen functional groups attached to an aromatic ring is 1. The molecular weight excluding hydrogens is 331 g/mol. The number of hydrogen-bond donors (Lipinski definition) is 1. The Morgan fingerprint density at radius 1 is 1.19 bits per heavy atom. The molecule has 0 radical (unpaired) electrons. The number of nitrogens with two attached hydrogens (primary N) is 1. The Hall–Kier alpha value is -3.02. The zero-order valence-electron chi connectivity index (χ0n) is 14.1. The summed E-state index contributed by atoms with van der Waals surface area (Å²) in [6.45, 7) is 0.470. The van der Waals surface area contributed by atoms with Crippen molar-refractivity contribution in [2.75, 3.05) is 5.73 Å². The Kier molecular flexibility index (Phi) is 3.22. The molecule has 1 amide bonds. The van der Waals surface area contributed by atoms with Gasteiger partial charge in [0, 0.05) is 23.2 Å². The molecule has 130 valence electrons. The van der Waals surface area contributed by atoms with Crippen LogP contribution in [0.2, 0.25) is 0 Å². The molecule has 26 heavy (non-hydrogen) atoms. The van der Waals surface area contributed by atoms with E-state index in [9.17, 15) is 9.18 Å². The summed E-state index contributed by atoms with van der Waals surface area (Å²) < 4.78 is 14.3. The van der Waals surface area contributed by atoms with E-state index in [0.717, 1.165) is 19.3 Å². The Bertz CT molecular complexity index is 1060. The lowest BCUT2D eigenvalue weighted by Crippen LogP contribution is -2.40. The van der Waals surface area contributed by atoms with Crippen molar-refractivity contribution in [2.45, 2.75) is 31.8 Å². The highest BCUT2D eigenvalue weighted by atomic mass is 19.1. The first-order valence-corrected chi connectivity index (χ1v) is 8.78. The third-order valence-electron chi connectivity index (χ3n) is 5.45. The Morgan fingerprint density at radius 3 is 2.77 bits per heavy atom. The first-order chi connectivity index (χ1) is 12.6. The maximum Gasteiger partial charge on any atom is 0.258 e. The van der Waals surface area contributed by atoms with E-state index in [1.807, 2.05) is 11.0 Å². The molecule has 1 aliphatic heterocycles. The van der Waals surface area contributed by atoms with Gasteiger partial charge < -0.3 is 10.6 Å². The van der Waals surface area contributed by atoms with Gasteiger partial charge in [0.1, 0.15) is 11.5 Å². The van der Waals surface area contributed by atoms with Gasteiger partial charge in [0.25, 0.3) is 5.91 Å². The SMILES string of the molecule is Nc1c2c(nc3c(-c4ncccc4F)cccc13)CN(C1CCC1)C2=O. The second kappa shape index (κ2) is 5.49. The number of para-hydroxylation sites is 1. The van der Waals surface area contributed by atoms with Gasteiger partial charge >= 0.3 is 0 Å². The topological polar surface area (TPSA) is 72.1 Å². The largest absolute Gasteiger partial charge is 0.397 e. The van der Waals surface area contributed by atoms with Crippen LogP contribution in [0.1, 0.15) is 35.3 Å². The third kappa shape index (κ3) is 2.05. The van der Waals surface area contributed by atoms with E-state index >= 15 is 0 Å². The number of amides is 1. The number of rotatable bonds is 2. The van der Waals surface area contributed by atoms with Gasteiger partial charge in [0.05, 0.1) is 29.0 Å². The molecule has 0 atom stereocenters.